The number of rotatable bonds is 6. The van der Waals surface area contributed by atoms with Crippen molar-refractivity contribution in [2.24, 2.45) is 0 Å². The first kappa shape index (κ1) is 13.7. The number of anilines is 2. The molecule has 0 radical (unpaired) electrons. The van der Waals surface area contributed by atoms with Gasteiger partial charge in [-0.25, -0.2) is 0 Å². The lowest BCUT2D eigenvalue weighted by Gasteiger charge is -1.99. The summed E-state index contributed by atoms with van der Waals surface area (Å²) >= 11 is 1.33. The molecule has 0 atom stereocenters. The highest BCUT2D eigenvalue weighted by Gasteiger charge is 2.07. The number of benzene rings is 1. The molecule has 0 fully saturated rings. The van der Waals surface area contributed by atoms with Crippen LogP contribution in [-0.2, 0) is 11.3 Å². The van der Waals surface area contributed by atoms with Crippen LogP contribution in [0.3, 0.4) is 0 Å². The number of hydrogen-bond acceptors (Lipinski definition) is 6. The largest absolute Gasteiger partial charge is 0.383 e. The molecule has 6 nitrogen and oxygen atoms in total. The van der Waals surface area contributed by atoms with Crippen molar-refractivity contribution in [1.29, 1.82) is 0 Å². The monoisotopic (exact) mass is 301 g/mol. The molecule has 3 rings (SSSR count). The third kappa shape index (κ3) is 3.45. The smallest absolute Gasteiger partial charge is 0.207 e. The van der Waals surface area contributed by atoms with Crippen LogP contribution >= 0.6 is 11.5 Å². The number of ether oxygens (including phenoxy) is 1. The summed E-state index contributed by atoms with van der Waals surface area (Å²) in [6.07, 6.45) is 3.68. The van der Waals surface area contributed by atoms with E-state index in [1.54, 1.807) is 13.3 Å². The van der Waals surface area contributed by atoms with Gasteiger partial charge in [0.1, 0.15) is 0 Å². The van der Waals surface area contributed by atoms with Gasteiger partial charge in [0.05, 0.1) is 25.0 Å². The van der Waals surface area contributed by atoms with Crippen molar-refractivity contribution in [3.63, 3.8) is 0 Å². The van der Waals surface area contributed by atoms with Gasteiger partial charge in [-0.1, -0.05) is 30.3 Å². The second kappa shape index (κ2) is 6.47. The third-order valence-corrected chi connectivity index (χ3v) is 3.50. The average Bonchev–Trinajstić information content (AvgIpc) is 3.16. The van der Waals surface area contributed by atoms with Gasteiger partial charge in [-0.05, 0) is 0 Å². The molecule has 0 spiro atoms. The Hall–Kier alpha value is -2.25. The lowest BCUT2D eigenvalue weighted by atomic mass is 10.2. The van der Waals surface area contributed by atoms with E-state index in [4.69, 9.17) is 4.74 Å². The average molecular weight is 301 g/mol. The maximum atomic E-state index is 5.02. The zero-order chi connectivity index (χ0) is 14.5. The van der Waals surface area contributed by atoms with Gasteiger partial charge >= 0.3 is 0 Å². The summed E-state index contributed by atoms with van der Waals surface area (Å²) in [6, 6.07) is 9.92. The SMILES string of the molecule is COCCn1cc(Nc2nc(-c3ccccc3)ns2)cn1. The lowest BCUT2D eigenvalue weighted by Crippen LogP contribution is -2.03. The van der Waals surface area contributed by atoms with Crippen molar-refractivity contribution in [1.82, 2.24) is 19.1 Å². The van der Waals surface area contributed by atoms with Crippen LogP contribution in [0.2, 0.25) is 0 Å². The van der Waals surface area contributed by atoms with E-state index in [0.29, 0.717) is 6.61 Å². The van der Waals surface area contributed by atoms with Gasteiger partial charge in [0.15, 0.2) is 5.82 Å². The highest BCUT2D eigenvalue weighted by atomic mass is 32.1. The van der Waals surface area contributed by atoms with E-state index in [-0.39, 0.29) is 0 Å². The van der Waals surface area contributed by atoms with E-state index in [2.05, 4.69) is 19.8 Å². The molecule has 1 aromatic carbocycles. The molecule has 2 heterocycles. The Labute approximate surface area is 126 Å². The Morgan fingerprint density at radius 1 is 1.29 bits per heavy atom. The number of nitrogens with one attached hydrogen (secondary N) is 1. The second-order valence-corrected chi connectivity index (χ2v) is 5.15. The van der Waals surface area contributed by atoms with Crippen molar-refractivity contribution in [2.75, 3.05) is 19.0 Å². The molecular formula is C14H15N5OS. The molecule has 0 aliphatic carbocycles. The number of aromatic nitrogens is 4. The molecule has 0 amide bonds. The van der Waals surface area contributed by atoms with Crippen molar-refractivity contribution in [3.05, 3.63) is 42.7 Å². The fourth-order valence-corrected chi connectivity index (χ4v) is 2.45. The maximum Gasteiger partial charge on any atom is 0.207 e. The van der Waals surface area contributed by atoms with Crippen LogP contribution in [0.4, 0.5) is 10.8 Å². The highest BCUT2D eigenvalue weighted by Crippen LogP contribution is 2.23. The molecule has 2 aromatic heterocycles. The molecule has 0 bridgehead atoms. The summed E-state index contributed by atoms with van der Waals surface area (Å²) in [6.45, 7) is 1.36. The van der Waals surface area contributed by atoms with Crippen LogP contribution < -0.4 is 5.32 Å². The Balaban J connectivity index is 1.68. The molecule has 108 valence electrons. The first-order chi connectivity index (χ1) is 10.3. The minimum atomic E-state index is 0.637. The predicted molar refractivity (Wildman–Crippen MR) is 82.7 cm³/mol. The van der Waals surface area contributed by atoms with Crippen LogP contribution in [0, 0.1) is 0 Å². The first-order valence-corrected chi connectivity index (χ1v) is 7.30. The molecular weight excluding hydrogens is 286 g/mol. The first-order valence-electron chi connectivity index (χ1n) is 6.53. The number of nitrogens with zero attached hydrogens (tertiary/aromatic N) is 4. The minimum absolute atomic E-state index is 0.637. The molecule has 7 heteroatoms. The zero-order valence-corrected chi connectivity index (χ0v) is 12.4. The van der Waals surface area contributed by atoms with Crippen molar-refractivity contribution in [2.45, 2.75) is 6.54 Å². The molecule has 0 saturated carbocycles. The second-order valence-electron chi connectivity index (χ2n) is 4.40. The summed E-state index contributed by atoms with van der Waals surface area (Å²) < 4.78 is 11.2. The summed E-state index contributed by atoms with van der Waals surface area (Å²) in [5, 5.41) is 8.21. The highest BCUT2D eigenvalue weighted by molar-refractivity contribution is 7.09. The summed E-state index contributed by atoms with van der Waals surface area (Å²) in [7, 11) is 1.68. The fourth-order valence-electron chi connectivity index (χ4n) is 1.84. The normalized spacial score (nSPS) is 10.7. The van der Waals surface area contributed by atoms with E-state index in [0.717, 1.165) is 28.8 Å². The third-order valence-electron chi connectivity index (χ3n) is 2.87. The Morgan fingerprint density at radius 2 is 2.14 bits per heavy atom. The summed E-state index contributed by atoms with van der Waals surface area (Å²) in [4.78, 5) is 4.48. The van der Waals surface area contributed by atoms with Crippen LogP contribution in [0.15, 0.2) is 42.7 Å². The molecule has 0 aliphatic rings. The molecule has 0 unspecified atom stereocenters. The van der Waals surface area contributed by atoms with Gasteiger partial charge in [0, 0.05) is 30.4 Å². The van der Waals surface area contributed by atoms with Gasteiger partial charge in [-0.3, -0.25) is 4.68 Å². The van der Waals surface area contributed by atoms with E-state index >= 15 is 0 Å². The standard InChI is InChI=1S/C14H15N5OS/c1-20-8-7-19-10-12(9-15-19)16-14-17-13(18-21-14)11-5-3-2-4-6-11/h2-6,9-10H,7-8H2,1H3,(H,16,17,18). The Kier molecular flexibility index (Phi) is 4.23. The van der Waals surface area contributed by atoms with Crippen molar-refractivity contribution in [3.8, 4) is 11.4 Å². The Bertz CT molecular complexity index is 694. The quantitative estimate of drug-likeness (QED) is 0.758. The van der Waals surface area contributed by atoms with Crippen molar-refractivity contribution < 1.29 is 4.74 Å². The van der Waals surface area contributed by atoms with Crippen molar-refractivity contribution >= 4 is 22.4 Å². The van der Waals surface area contributed by atoms with Gasteiger partial charge in [0.25, 0.3) is 0 Å². The van der Waals surface area contributed by atoms with E-state index in [1.165, 1.54) is 11.5 Å². The minimum Gasteiger partial charge on any atom is -0.383 e. The van der Waals surface area contributed by atoms with E-state index in [9.17, 15) is 0 Å². The van der Waals surface area contributed by atoms with Crippen LogP contribution in [0.1, 0.15) is 0 Å². The number of methoxy groups -OCH3 is 1. The van der Waals surface area contributed by atoms with Gasteiger partial charge in [-0.2, -0.15) is 14.5 Å². The van der Waals surface area contributed by atoms with Gasteiger partial charge in [-0.15, -0.1) is 0 Å². The van der Waals surface area contributed by atoms with Gasteiger partial charge < -0.3 is 10.1 Å². The predicted octanol–water partition coefficient (Wildman–Crippen LogP) is 2.79. The molecule has 0 aliphatic heterocycles. The molecule has 21 heavy (non-hydrogen) atoms. The maximum absolute atomic E-state index is 5.02. The van der Waals surface area contributed by atoms with Crippen LogP contribution in [0.5, 0.6) is 0 Å². The fraction of sp³-hybridized carbons (Fsp3) is 0.214. The lowest BCUT2D eigenvalue weighted by molar-refractivity contribution is 0.183. The van der Waals surface area contributed by atoms with Crippen LogP contribution in [0.25, 0.3) is 11.4 Å². The van der Waals surface area contributed by atoms with E-state index in [1.807, 2.05) is 41.2 Å². The molecule has 0 saturated heterocycles. The van der Waals surface area contributed by atoms with Crippen LogP contribution in [-0.4, -0.2) is 32.9 Å². The summed E-state index contributed by atoms with van der Waals surface area (Å²) in [5.74, 6) is 0.731. The van der Waals surface area contributed by atoms with E-state index < -0.39 is 0 Å². The topological polar surface area (TPSA) is 64.9 Å². The summed E-state index contributed by atoms with van der Waals surface area (Å²) in [5.41, 5.74) is 1.90. The molecule has 3 aromatic rings. The zero-order valence-electron chi connectivity index (χ0n) is 11.6. The van der Waals surface area contributed by atoms with Gasteiger partial charge in [0.2, 0.25) is 5.13 Å². The Morgan fingerprint density at radius 3 is 2.95 bits per heavy atom. The number of hydrogen-bond donors (Lipinski definition) is 1. The molecule has 1 N–H and O–H groups in total.